The molecule has 12 heteroatoms. The third-order valence-electron chi connectivity index (χ3n) is 14.5. The highest BCUT2D eigenvalue weighted by atomic mass is 32.2. The Morgan fingerprint density at radius 1 is 0.542 bits per heavy atom. The van der Waals surface area contributed by atoms with Crippen molar-refractivity contribution in [2.24, 2.45) is 33.5 Å². The highest BCUT2D eigenvalue weighted by Gasteiger charge is 2.65. The fraction of sp³-hybridized carbons (Fsp3) is 0.944. The molecule has 0 amide bonds. The number of rotatable bonds is 12. The van der Waals surface area contributed by atoms with Crippen molar-refractivity contribution in [1.29, 1.82) is 0 Å². The van der Waals surface area contributed by atoms with E-state index in [1.807, 2.05) is 27.7 Å². The molecular weight excluding hydrogens is 653 g/mol. The van der Waals surface area contributed by atoms with Gasteiger partial charge in [-0.3, -0.25) is 9.59 Å². The number of hydrogen-bond donors (Lipinski definition) is 0. The topological polar surface area (TPSA) is 149 Å². The largest absolute Gasteiger partial charge is 0.748 e. The Labute approximate surface area is 294 Å². The summed E-state index contributed by atoms with van der Waals surface area (Å²) in [6.45, 7) is 36.1. The van der Waals surface area contributed by atoms with E-state index in [1.54, 1.807) is 0 Å². The average Bonchev–Trinajstić information content (AvgIpc) is 3.53. The first-order valence-corrected chi connectivity index (χ1v) is 21.7. The number of ketones is 2. The van der Waals surface area contributed by atoms with Crippen LogP contribution in [0.25, 0.3) is 0 Å². The molecule has 0 N–H and O–H groups in total. The quantitative estimate of drug-likeness (QED) is 0.186. The maximum Gasteiger partial charge on any atom is 0.140 e. The number of carbonyl (C=O) groups excluding carboxylic acids is 2. The molecule has 4 saturated carbocycles. The van der Waals surface area contributed by atoms with Crippen molar-refractivity contribution in [2.45, 2.75) is 122 Å². The summed E-state index contributed by atoms with van der Waals surface area (Å²) in [6.07, 6.45) is 3.75. The van der Waals surface area contributed by atoms with Crippen LogP contribution in [-0.4, -0.2) is 110 Å². The summed E-state index contributed by atoms with van der Waals surface area (Å²) >= 11 is 0. The molecule has 0 aromatic rings. The minimum Gasteiger partial charge on any atom is -0.748 e. The monoisotopic (exact) mass is 722 g/mol. The van der Waals surface area contributed by atoms with Crippen molar-refractivity contribution < 1.29 is 44.5 Å². The van der Waals surface area contributed by atoms with Gasteiger partial charge in [-0.1, -0.05) is 27.7 Å². The van der Waals surface area contributed by atoms with Crippen LogP contribution < -0.4 is 0 Å². The van der Waals surface area contributed by atoms with E-state index in [1.165, 1.54) is 61.3 Å². The zero-order valence-corrected chi connectivity index (χ0v) is 34.1. The Bertz CT molecular complexity index is 1170. The predicted octanol–water partition coefficient (Wildman–Crippen LogP) is 5.62. The van der Waals surface area contributed by atoms with Crippen LogP contribution in [-0.2, 0) is 29.8 Å². The first-order chi connectivity index (χ1) is 21.9. The van der Waals surface area contributed by atoms with E-state index in [9.17, 15) is 35.5 Å². The fourth-order valence-corrected chi connectivity index (χ4v) is 12.1. The van der Waals surface area contributed by atoms with E-state index in [-0.39, 0.29) is 34.2 Å². The van der Waals surface area contributed by atoms with Crippen LogP contribution in [0.3, 0.4) is 0 Å². The van der Waals surface area contributed by atoms with Crippen molar-refractivity contribution in [2.75, 3.05) is 63.9 Å². The molecule has 0 aromatic carbocycles. The van der Waals surface area contributed by atoms with Crippen LogP contribution in [0.2, 0.25) is 0 Å². The van der Waals surface area contributed by atoms with Crippen LogP contribution in [0.15, 0.2) is 0 Å². The van der Waals surface area contributed by atoms with Gasteiger partial charge in [0.1, 0.15) is 11.6 Å². The first-order valence-electron chi connectivity index (χ1n) is 18.5. The molecule has 4 aliphatic carbocycles. The lowest BCUT2D eigenvalue weighted by molar-refractivity contribution is -0.921. The van der Waals surface area contributed by atoms with Crippen molar-refractivity contribution in [3.8, 4) is 0 Å². The van der Waals surface area contributed by atoms with Crippen LogP contribution in [0.5, 0.6) is 0 Å². The molecule has 48 heavy (non-hydrogen) atoms. The van der Waals surface area contributed by atoms with Gasteiger partial charge in [-0.25, -0.2) is 16.8 Å². The molecule has 4 aliphatic rings. The lowest BCUT2D eigenvalue weighted by Crippen LogP contribution is -2.47. The normalized spacial score (nSPS) is 28.6. The van der Waals surface area contributed by atoms with E-state index in [2.05, 4.69) is 55.4 Å². The summed E-state index contributed by atoms with van der Waals surface area (Å²) in [5.74, 6) is -0.560. The number of fused-ring (bicyclic) bond motifs is 4. The molecule has 0 spiro atoms. The second kappa shape index (κ2) is 16.6. The number of nitrogens with zero attached hydrogens (tertiary/aromatic N) is 2. The summed E-state index contributed by atoms with van der Waals surface area (Å²) in [7, 11) is -8.65. The number of hydrogen-bond acceptors (Lipinski definition) is 8. The molecule has 284 valence electrons. The van der Waals surface area contributed by atoms with Gasteiger partial charge < -0.3 is 18.1 Å². The Morgan fingerprint density at radius 2 is 0.771 bits per heavy atom. The zero-order chi connectivity index (χ0) is 37.6. The Balaban J connectivity index is 0.000000331. The Hall–Kier alpha value is -0.920. The van der Waals surface area contributed by atoms with Gasteiger partial charge in [-0.15, -0.1) is 0 Å². The zero-order valence-electron chi connectivity index (χ0n) is 32.4. The van der Waals surface area contributed by atoms with Crippen LogP contribution >= 0.6 is 0 Å². The molecule has 0 aromatic heterocycles. The van der Waals surface area contributed by atoms with Crippen molar-refractivity contribution >= 4 is 31.8 Å². The minimum atomic E-state index is -4.33. The lowest BCUT2D eigenvalue weighted by atomic mass is 9.70. The highest BCUT2D eigenvalue weighted by molar-refractivity contribution is 7.86. The number of carbonyl (C=O) groups is 2. The van der Waals surface area contributed by atoms with Crippen LogP contribution in [0, 0.1) is 33.5 Å². The SMILES string of the molecule is CC1(C)[C@@H]2CC[C@@]1(CS(=O)(=O)[O-])C(=O)C2.CC1(C)[C@@H]2CC[C@@]1(CS(=O)(=O)[O-])C(=O)C2.CC[N+](CC)(CC)CC.CC[N+](CC)(CC)CC. The number of Topliss-reactive ketones (excluding diaryl/α,β-unsaturated/α-hetero) is 2. The van der Waals surface area contributed by atoms with E-state index >= 15 is 0 Å². The van der Waals surface area contributed by atoms with Gasteiger partial charge in [-0.05, 0) is 104 Å². The molecule has 4 rings (SSSR count). The maximum absolute atomic E-state index is 11.8. The first kappa shape index (κ1) is 45.1. The molecule has 0 heterocycles. The average molecular weight is 723 g/mol. The van der Waals surface area contributed by atoms with Crippen LogP contribution in [0.1, 0.15) is 122 Å². The second-order valence-electron chi connectivity index (χ2n) is 16.0. The number of quaternary nitrogens is 2. The lowest BCUT2D eigenvalue weighted by Gasteiger charge is -2.37. The van der Waals surface area contributed by atoms with E-state index in [0.29, 0.717) is 25.7 Å². The van der Waals surface area contributed by atoms with Gasteiger partial charge in [0.05, 0.1) is 84.1 Å². The molecule has 10 nitrogen and oxygen atoms in total. The van der Waals surface area contributed by atoms with E-state index < -0.39 is 42.6 Å². The molecular formula is C36H70N2O8S2. The summed E-state index contributed by atoms with van der Waals surface area (Å²) in [5, 5.41) is 0. The molecule has 4 fully saturated rings. The smallest absolute Gasteiger partial charge is 0.140 e. The van der Waals surface area contributed by atoms with Gasteiger partial charge in [0, 0.05) is 23.7 Å². The van der Waals surface area contributed by atoms with Crippen molar-refractivity contribution in [3.05, 3.63) is 0 Å². The van der Waals surface area contributed by atoms with Gasteiger partial charge >= 0.3 is 0 Å². The Morgan fingerprint density at radius 3 is 0.875 bits per heavy atom. The van der Waals surface area contributed by atoms with E-state index in [4.69, 9.17) is 0 Å². The van der Waals surface area contributed by atoms with Gasteiger partial charge in [-0.2, -0.15) is 0 Å². The third-order valence-corrected chi connectivity index (χ3v) is 16.2. The Kier molecular flexibility index (Phi) is 15.6. The minimum absolute atomic E-state index is 0.0248. The van der Waals surface area contributed by atoms with Gasteiger partial charge in [0.25, 0.3) is 0 Å². The van der Waals surface area contributed by atoms with Gasteiger partial charge in [0.15, 0.2) is 0 Å². The fourth-order valence-electron chi connectivity index (χ4n) is 9.50. The summed E-state index contributed by atoms with van der Waals surface area (Å²) in [6, 6.07) is 0. The molecule has 0 unspecified atom stereocenters. The standard InChI is InChI=1S/2C10H16O4S.2C8H20N/c2*1-9(2)7-3-4-10(9,8(11)5-7)6-15(12,13)14;2*1-5-9(6-2,7-3)8-4/h2*7H,3-6H2,1-2H3,(H,12,13,14);2*5-8H2,1-4H3/q;;2*+1/p-2/t2*7-,10-;;/m11../s1. The van der Waals surface area contributed by atoms with Crippen LogP contribution in [0.4, 0.5) is 0 Å². The second-order valence-corrected chi connectivity index (χ2v) is 18.8. The molecule has 4 bridgehead atoms. The highest BCUT2D eigenvalue weighted by Crippen LogP contribution is 2.65. The van der Waals surface area contributed by atoms with Crippen molar-refractivity contribution in [3.63, 3.8) is 0 Å². The summed E-state index contributed by atoms with van der Waals surface area (Å²) in [5.41, 5.74) is -2.44. The maximum atomic E-state index is 11.8. The third kappa shape index (κ3) is 9.29. The molecule has 4 atom stereocenters. The molecule has 0 radical (unpaired) electrons. The van der Waals surface area contributed by atoms with Gasteiger partial charge in [0.2, 0.25) is 0 Å². The predicted molar refractivity (Wildman–Crippen MR) is 191 cm³/mol. The molecule has 0 saturated heterocycles. The summed E-state index contributed by atoms with van der Waals surface area (Å²) < 4.78 is 67.9. The van der Waals surface area contributed by atoms with Crippen molar-refractivity contribution in [1.82, 2.24) is 0 Å². The van der Waals surface area contributed by atoms with E-state index in [0.717, 1.165) is 12.8 Å². The summed E-state index contributed by atoms with van der Waals surface area (Å²) in [4.78, 5) is 23.7. The molecule has 0 aliphatic heterocycles.